The number of carbonyl (C=O) groups is 2. The minimum Gasteiger partial charge on any atom is -0.342 e. The number of nitrogens with zero attached hydrogens (tertiary/aromatic N) is 2. The summed E-state index contributed by atoms with van der Waals surface area (Å²) < 4.78 is 13.0. The predicted octanol–water partition coefficient (Wildman–Crippen LogP) is 2.88. The van der Waals surface area contributed by atoms with Crippen molar-refractivity contribution in [3.63, 3.8) is 0 Å². The first-order chi connectivity index (χ1) is 12.5. The summed E-state index contributed by atoms with van der Waals surface area (Å²) in [5.74, 6) is -0.535. The summed E-state index contributed by atoms with van der Waals surface area (Å²) in [7, 11) is 1.78. The maximum absolute atomic E-state index is 13.0. The summed E-state index contributed by atoms with van der Waals surface area (Å²) in [5.41, 5.74) is 2.05. The number of hydrogen-bond donors (Lipinski definition) is 0. The molecule has 2 amide bonds. The molecule has 0 aliphatic carbocycles. The van der Waals surface area contributed by atoms with Crippen LogP contribution < -0.4 is 0 Å². The first kappa shape index (κ1) is 18.1. The Labute approximate surface area is 153 Å². The quantitative estimate of drug-likeness (QED) is 0.800. The van der Waals surface area contributed by atoms with Crippen molar-refractivity contribution in [3.05, 3.63) is 71.5 Å². The topological polar surface area (TPSA) is 40.6 Å². The lowest BCUT2D eigenvalue weighted by Crippen LogP contribution is -2.34. The number of likely N-dealkylation sites (tertiary alicyclic amines) is 1. The van der Waals surface area contributed by atoms with Gasteiger partial charge in [0, 0.05) is 33.1 Å². The van der Waals surface area contributed by atoms with Crippen molar-refractivity contribution in [1.29, 1.82) is 0 Å². The van der Waals surface area contributed by atoms with Crippen molar-refractivity contribution in [2.45, 2.75) is 19.4 Å². The van der Waals surface area contributed by atoms with Crippen LogP contribution in [0.1, 0.15) is 17.5 Å². The first-order valence-corrected chi connectivity index (χ1v) is 8.84. The van der Waals surface area contributed by atoms with Crippen molar-refractivity contribution in [1.82, 2.24) is 9.80 Å². The molecular weight excluding hydrogens is 331 g/mol. The number of amides is 2. The van der Waals surface area contributed by atoms with Gasteiger partial charge in [0.2, 0.25) is 11.8 Å². The summed E-state index contributed by atoms with van der Waals surface area (Å²) in [6.07, 6.45) is 0.925. The van der Waals surface area contributed by atoms with Gasteiger partial charge >= 0.3 is 0 Å². The Hall–Kier alpha value is -2.69. The SMILES string of the molecule is CN(Cc1ccccc1)C(=O)[C@H]1CC(=O)N(CCc2ccc(F)cc2)C1. The van der Waals surface area contributed by atoms with Gasteiger partial charge in [-0.05, 0) is 29.7 Å². The van der Waals surface area contributed by atoms with Crippen molar-refractivity contribution in [3.8, 4) is 0 Å². The Morgan fingerprint density at radius 1 is 1.12 bits per heavy atom. The molecule has 1 fully saturated rings. The van der Waals surface area contributed by atoms with Crippen molar-refractivity contribution < 1.29 is 14.0 Å². The predicted molar refractivity (Wildman–Crippen MR) is 97.7 cm³/mol. The lowest BCUT2D eigenvalue weighted by atomic mass is 10.1. The van der Waals surface area contributed by atoms with Crippen LogP contribution in [0.4, 0.5) is 4.39 Å². The van der Waals surface area contributed by atoms with Gasteiger partial charge in [0.15, 0.2) is 0 Å². The van der Waals surface area contributed by atoms with E-state index in [0.29, 0.717) is 26.1 Å². The van der Waals surface area contributed by atoms with Crippen molar-refractivity contribution in [2.75, 3.05) is 20.1 Å². The zero-order valence-corrected chi connectivity index (χ0v) is 14.9. The number of halogens is 1. The molecule has 1 aliphatic rings. The number of hydrogen-bond acceptors (Lipinski definition) is 2. The third-order valence-electron chi connectivity index (χ3n) is 4.79. The van der Waals surface area contributed by atoms with Crippen LogP contribution in [0.25, 0.3) is 0 Å². The first-order valence-electron chi connectivity index (χ1n) is 8.84. The van der Waals surface area contributed by atoms with E-state index in [1.807, 2.05) is 30.3 Å². The summed E-state index contributed by atoms with van der Waals surface area (Å²) in [6, 6.07) is 16.1. The Kier molecular flexibility index (Phi) is 5.66. The molecule has 136 valence electrons. The molecule has 2 aromatic rings. The van der Waals surface area contributed by atoms with Crippen LogP contribution in [-0.2, 0) is 22.6 Å². The van der Waals surface area contributed by atoms with E-state index in [1.54, 1.807) is 29.0 Å². The van der Waals surface area contributed by atoms with Gasteiger partial charge in [-0.15, -0.1) is 0 Å². The second-order valence-corrected chi connectivity index (χ2v) is 6.80. The molecule has 0 bridgehead atoms. The third-order valence-corrected chi connectivity index (χ3v) is 4.79. The fourth-order valence-electron chi connectivity index (χ4n) is 3.32. The lowest BCUT2D eigenvalue weighted by molar-refractivity contribution is -0.135. The van der Waals surface area contributed by atoms with Gasteiger partial charge in [0.1, 0.15) is 5.82 Å². The van der Waals surface area contributed by atoms with Crippen LogP contribution in [0.15, 0.2) is 54.6 Å². The average molecular weight is 354 g/mol. The van der Waals surface area contributed by atoms with Crippen molar-refractivity contribution >= 4 is 11.8 Å². The molecule has 4 nitrogen and oxygen atoms in total. The smallest absolute Gasteiger partial charge is 0.228 e. The highest BCUT2D eigenvalue weighted by atomic mass is 19.1. The molecule has 2 aromatic carbocycles. The molecular formula is C21H23FN2O2. The molecule has 3 rings (SSSR count). The third kappa shape index (κ3) is 4.48. The average Bonchev–Trinajstić information content (AvgIpc) is 3.02. The van der Waals surface area contributed by atoms with E-state index in [1.165, 1.54) is 12.1 Å². The monoisotopic (exact) mass is 354 g/mol. The van der Waals surface area contributed by atoms with E-state index < -0.39 is 0 Å². The van der Waals surface area contributed by atoms with E-state index in [-0.39, 0.29) is 30.0 Å². The van der Waals surface area contributed by atoms with Gasteiger partial charge in [0.05, 0.1) is 5.92 Å². The highest BCUT2D eigenvalue weighted by molar-refractivity contribution is 5.89. The standard InChI is InChI=1S/C21H23FN2O2/c1-23(14-17-5-3-2-4-6-17)21(26)18-13-20(25)24(15-18)12-11-16-7-9-19(22)10-8-16/h2-10,18H,11-15H2,1H3/t18-/m0/s1. The molecule has 0 saturated carbocycles. The molecule has 1 aliphatic heterocycles. The molecule has 0 aromatic heterocycles. The molecule has 0 radical (unpaired) electrons. The number of rotatable bonds is 6. The van der Waals surface area contributed by atoms with E-state index in [2.05, 4.69) is 0 Å². The van der Waals surface area contributed by atoms with Crippen LogP contribution in [0.3, 0.4) is 0 Å². The van der Waals surface area contributed by atoms with Crippen LogP contribution in [0, 0.1) is 11.7 Å². The largest absolute Gasteiger partial charge is 0.342 e. The molecule has 1 heterocycles. The fraction of sp³-hybridized carbons (Fsp3) is 0.333. The number of carbonyl (C=O) groups excluding carboxylic acids is 2. The van der Waals surface area contributed by atoms with Crippen LogP contribution in [0.5, 0.6) is 0 Å². The van der Waals surface area contributed by atoms with Crippen molar-refractivity contribution in [2.24, 2.45) is 5.92 Å². The summed E-state index contributed by atoms with van der Waals surface area (Å²) in [5, 5.41) is 0. The van der Waals surface area contributed by atoms with Gasteiger partial charge in [0.25, 0.3) is 0 Å². The highest BCUT2D eigenvalue weighted by Crippen LogP contribution is 2.21. The Bertz CT molecular complexity index is 761. The zero-order chi connectivity index (χ0) is 18.5. The molecule has 26 heavy (non-hydrogen) atoms. The normalized spacial score (nSPS) is 16.8. The second kappa shape index (κ2) is 8.13. The Balaban J connectivity index is 1.53. The van der Waals surface area contributed by atoms with Gasteiger partial charge in [-0.25, -0.2) is 4.39 Å². The second-order valence-electron chi connectivity index (χ2n) is 6.80. The van der Waals surface area contributed by atoms with Crippen LogP contribution in [0.2, 0.25) is 0 Å². The van der Waals surface area contributed by atoms with Gasteiger partial charge in [-0.1, -0.05) is 42.5 Å². The van der Waals surface area contributed by atoms with Gasteiger partial charge in [-0.3, -0.25) is 9.59 Å². The summed E-state index contributed by atoms with van der Waals surface area (Å²) >= 11 is 0. The van der Waals surface area contributed by atoms with E-state index >= 15 is 0 Å². The van der Waals surface area contributed by atoms with Gasteiger partial charge in [-0.2, -0.15) is 0 Å². The zero-order valence-electron chi connectivity index (χ0n) is 14.9. The minimum absolute atomic E-state index is 0.00600. The summed E-state index contributed by atoms with van der Waals surface area (Å²) in [6.45, 7) is 1.55. The molecule has 1 atom stereocenters. The molecule has 1 saturated heterocycles. The fourth-order valence-corrected chi connectivity index (χ4v) is 3.32. The maximum atomic E-state index is 13.0. The van der Waals surface area contributed by atoms with E-state index in [9.17, 15) is 14.0 Å². The van der Waals surface area contributed by atoms with Gasteiger partial charge < -0.3 is 9.80 Å². The van der Waals surface area contributed by atoms with Crippen LogP contribution >= 0.6 is 0 Å². The Morgan fingerprint density at radius 3 is 2.50 bits per heavy atom. The number of benzene rings is 2. The van der Waals surface area contributed by atoms with Crippen LogP contribution in [-0.4, -0.2) is 41.8 Å². The lowest BCUT2D eigenvalue weighted by Gasteiger charge is -2.21. The molecule has 5 heteroatoms. The molecule has 0 spiro atoms. The highest BCUT2D eigenvalue weighted by Gasteiger charge is 2.35. The Morgan fingerprint density at radius 2 is 1.81 bits per heavy atom. The van der Waals surface area contributed by atoms with E-state index in [0.717, 1.165) is 11.1 Å². The summed E-state index contributed by atoms with van der Waals surface area (Å²) in [4.78, 5) is 28.3. The maximum Gasteiger partial charge on any atom is 0.228 e. The molecule has 0 unspecified atom stereocenters. The molecule has 0 N–H and O–H groups in total. The minimum atomic E-state index is -0.288. The van der Waals surface area contributed by atoms with E-state index in [4.69, 9.17) is 0 Å².